The van der Waals surface area contributed by atoms with Crippen LogP contribution < -0.4 is 0 Å². The Bertz CT molecular complexity index is 2760. The molecule has 254 valence electrons. The molecule has 2 aliphatic rings. The van der Waals surface area contributed by atoms with Crippen molar-refractivity contribution in [2.24, 2.45) is 4.99 Å². The van der Waals surface area contributed by atoms with Gasteiger partial charge < -0.3 is 14.7 Å². The zero-order valence-corrected chi connectivity index (χ0v) is 30.3. The maximum absolute atomic E-state index is 6.37. The van der Waals surface area contributed by atoms with Crippen LogP contribution in [-0.4, -0.2) is 5.84 Å². The van der Waals surface area contributed by atoms with Gasteiger partial charge in [0.2, 0.25) is 0 Å². The van der Waals surface area contributed by atoms with Crippen molar-refractivity contribution in [3.63, 3.8) is 0 Å². The first kappa shape index (κ1) is 31.6. The Morgan fingerprint density at radius 2 is 1.25 bits per heavy atom. The molecule has 8 aromatic rings. The molecule has 1 unspecified atom stereocenters. The van der Waals surface area contributed by atoms with Crippen LogP contribution in [0.4, 0.5) is 0 Å². The van der Waals surface area contributed by atoms with Crippen molar-refractivity contribution in [2.75, 3.05) is 0 Å². The number of hydrogen-bond acceptors (Lipinski definition) is 3. The second-order valence-corrected chi connectivity index (χ2v) is 15.4. The van der Waals surface area contributed by atoms with Crippen LogP contribution in [0.3, 0.4) is 0 Å². The summed E-state index contributed by atoms with van der Waals surface area (Å²) in [6, 6.07) is 57.9. The van der Waals surface area contributed by atoms with Crippen LogP contribution in [0.25, 0.3) is 55.2 Å². The van der Waals surface area contributed by atoms with Crippen LogP contribution in [0.2, 0.25) is 0 Å². The van der Waals surface area contributed by atoms with Gasteiger partial charge in [0.1, 0.15) is 11.2 Å². The van der Waals surface area contributed by atoms with E-state index in [1.807, 2.05) is 42.1 Å². The Kier molecular flexibility index (Phi) is 7.48. The number of rotatable bonds is 5. The Hall–Kier alpha value is -6.10. The second kappa shape index (κ2) is 12.5. The minimum Gasteiger partial charge on any atom is -0.455 e. The number of furan rings is 1. The van der Waals surface area contributed by atoms with E-state index in [4.69, 9.17) is 14.7 Å². The average Bonchev–Trinajstić information content (AvgIpc) is 3.60. The summed E-state index contributed by atoms with van der Waals surface area (Å²) in [5.41, 5.74) is 13.1. The van der Waals surface area contributed by atoms with E-state index in [1.54, 1.807) is 0 Å². The summed E-state index contributed by atoms with van der Waals surface area (Å²) >= 11 is 1.87. The molecular weight excluding hydrogens is 665 g/mol. The lowest BCUT2D eigenvalue weighted by molar-refractivity contribution is 0.607. The molecule has 0 bridgehead atoms. The summed E-state index contributed by atoms with van der Waals surface area (Å²) in [7, 11) is 0. The van der Waals surface area contributed by atoms with Crippen molar-refractivity contribution in [1.82, 2.24) is 0 Å². The first-order chi connectivity index (χ1) is 26.0. The van der Waals surface area contributed by atoms with Gasteiger partial charge in [0.05, 0.1) is 0 Å². The van der Waals surface area contributed by atoms with Crippen LogP contribution in [0.5, 0.6) is 0 Å². The van der Waals surface area contributed by atoms with Crippen molar-refractivity contribution in [3.8, 4) is 22.3 Å². The van der Waals surface area contributed by atoms with E-state index in [0.717, 1.165) is 66.9 Å². The van der Waals surface area contributed by atoms with Crippen molar-refractivity contribution in [3.05, 3.63) is 203 Å². The van der Waals surface area contributed by atoms with Crippen molar-refractivity contribution in [1.29, 1.82) is 0 Å². The fraction of sp³-hybridized carbons (Fsp3) is 0.0816. The number of benzene rings is 7. The summed E-state index contributed by atoms with van der Waals surface area (Å²) in [6.45, 7) is 4.68. The lowest BCUT2D eigenvalue weighted by atomic mass is 9.76. The molecule has 7 aromatic carbocycles. The Balaban J connectivity index is 1.05. The molecule has 2 aliphatic heterocycles. The Morgan fingerprint density at radius 1 is 0.566 bits per heavy atom. The molecule has 0 fully saturated rings. The van der Waals surface area contributed by atoms with Gasteiger partial charge in [0.25, 0.3) is 0 Å². The number of para-hydroxylation sites is 2. The molecule has 0 amide bonds. The second-order valence-electron chi connectivity index (χ2n) is 14.3. The van der Waals surface area contributed by atoms with E-state index in [2.05, 4.69) is 153 Å². The summed E-state index contributed by atoms with van der Waals surface area (Å²) < 4.78 is 6.37. The topological polar surface area (TPSA) is 39.6 Å². The quantitative estimate of drug-likeness (QED) is 0.179. The highest BCUT2D eigenvalue weighted by atomic mass is 32.2. The van der Waals surface area contributed by atoms with Crippen LogP contribution in [-0.2, 0) is 5.41 Å². The average molecular weight is 700 g/mol. The number of amidine groups is 1. The van der Waals surface area contributed by atoms with E-state index in [1.165, 1.54) is 26.5 Å². The van der Waals surface area contributed by atoms with Gasteiger partial charge in [0.15, 0.2) is 0 Å². The summed E-state index contributed by atoms with van der Waals surface area (Å²) in [5, 5.41) is 7.50. The molecule has 4 heteroatoms. The smallest absolute Gasteiger partial charge is 0.143 e. The van der Waals surface area contributed by atoms with Gasteiger partial charge in [-0.3, -0.25) is 0 Å². The van der Waals surface area contributed by atoms with Gasteiger partial charge in [0, 0.05) is 37.6 Å². The predicted molar refractivity (Wildman–Crippen MR) is 221 cm³/mol. The fourth-order valence-corrected chi connectivity index (χ4v) is 9.33. The van der Waals surface area contributed by atoms with Gasteiger partial charge in [-0.15, -0.1) is 0 Å². The highest BCUT2D eigenvalue weighted by Crippen LogP contribution is 2.50. The third-order valence-electron chi connectivity index (χ3n) is 10.8. The maximum Gasteiger partial charge on any atom is 0.143 e. The molecular formula is C49H35N2OS-. The molecule has 0 saturated heterocycles. The van der Waals surface area contributed by atoms with Gasteiger partial charge in [-0.25, -0.2) is 0 Å². The predicted octanol–water partition coefficient (Wildman–Crippen LogP) is 13.6. The minimum atomic E-state index is -0.211. The minimum absolute atomic E-state index is 0.114. The molecule has 1 aromatic heterocycles. The van der Waals surface area contributed by atoms with E-state index < -0.39 is 0 Å². The molecule has 0 N–H and O–H groups in total. The largest absolute Gasteiger partial charge is 0.455 e. The number of fused-ring (bicyclic) bond motifs is 5. The third-order valence-corrected chi connectivity index (χ3v) is 11.9. The zero-order chi connectivity index (χ0) is 35.5. The zero-order valence-electron chi connectivity index (χ0n) is 29.5. The van der Waals surface area contributed by atoms with Gasteiger partial charge in [-0.2, -0.15) is 0 Å². The molecule has 0 radical (unpaired) electrons. The van der Waals surface area contributed by atoms with Gasteiger partial charge in [-0.1, -0.05) is 177 Å². The first-order valence-corrected chi connectivity index (χ1v) is 18.9. The number of nitrogens with zero attached hydrogens (tertiary/aromatic N) is 2. The maximum atomic E-state index is 6.37. The van der Waals surface area contributed by atoms with Gasteiger partial charge in [-0.05, 0) is 74.5 Å². The Morgan fingerprint density at radius 3 is 2.11 bits per heavy atom. The monoisotopic (exact) mass is 699 g/mol. The molecule has 0 saturated carbocycles. The molecule has 1 atom stereocenters. The Labute approximate surface area is 313 Å². The van der Waals surface area contributed by atoms with Crippen molar-refractivity contribution >= 4 is 45.2 Å². The molecule has 0 spiro atoms. The lowest BCUT2D eigenvalue weighted by Crippen LogP contribution is -2.23. The van der Waals surface area contributed by atoms with E-state index in [0.29, 0.717) is 0 Å². The van der Waals surface area contributed by atoms with Crippen LogP contribution >= 0.6 is 11.8 Å². The first-order valence-electron chi connectivity index (χ1n) is 18.1. The highest BCUT2D eigenvalue weighted by Gasteiger charge is 2.33. The lowest BCUT2D eigenvalue weighted by Gasteiger charge is -2.35. The SMILES string of the molecule is CC1(C)c2ccccc2Sc2ccc(-c3ccccc3C3=CC(c4ccc(-c5cccc6c5oc5ccccc56)cc4)[N-]C(c4ccccc4)=N3)cc21. The number of hydrogen-bond donors (Lipinski definition) is 0. The van der Waals surface area contributed by atoms with Gasteiger partial charge >= 0.3 is 0 Å². The molecule has 3 nitrogen and oxygen atoms in total. The fourth-order valence-electron chi connectivity index (χ4n) is 7.95. The van der Waals surface area contributed by atoms with E-state index in [-0.39, 0.29) is 11.5 Å². The normalized spacial score (nSPS) is 16.0. The highest BCUT2D eigenvalue weighted by molar-refractivity contribution is 7.99. The molecule has 53 heavy (non-hydrogen) atoms. The third kappa shape index (κ3) is 5.41. The molecule has 3 heterocycles. The number of aliphatic imine (C=N–C) groups is 1. The molecule has 0 aliphatic carbocycles. The van der Waals surface area contributed by atoms with E-state index >= 15 is 0 Å². The summed E-state index contributed by atoms with van der Waals surface area (Å²) in [6.07, 6.45) is 2.22. The standard InChI is InChI=1S/C49H35N2OS/c1-49(2)40-20-9-11-22-45(40)53-46-28-27-34(29-41(46)49)35-15-6-7-16-37(35)43-30-42(50-48(51-43)33-13-4-3-5-14-33)32-25-23-31(24-26-32)36-18-12-19-39-38-17-8-10-21-44(38)52-47(36)39/h3-30,42H,1-2H3/q-1. The summed E-state index contributed by atoms with van der Waals surface area (Å²) in [4.78, 5) is 7.90. The van der Waals surface area contributed by atoms with Crippen molar-refractivity contribution in [2.45, 2.75) is 35.1 Å². The van der Waals surface area contributed by atoms with E-state index in [9.17, 15) is 0 Å². The van der Waals surface area contributed by atoms with Crippen LogP contribution in [0, 0.1) is 0 Å². The molecule has 10 rings (SSSR count). The summed E-state index contributed by atoms with van der Waals surface area (Å²) in [5.74, 6) is 0.735. The van der Waals surface area contributed by atoms with Crippen LogP contribution in [0.15, 0.2) is 189 Å². The van der Waals surface area contributed by atoms with Crippen molar-refractivity contribution < 1.29 is 4.42 Å². The van der Waals surface area contributed by atoms with Crippen LogP contribution in [0.1, 0.15) is 47.7 Å².